The predicted octanol–water partition coefficient (Wildman–Crippen LogP) is -7.37. The molecule has 2 fully saturated rings. The van der Waals surface area contributed by atoms with Crippen LogP contribution in [0.1, 0.15) is 0 Å². The molecule has 2 N–H and O–H groups in total. The van der Waals surface area contributed by atoms with Crippen molar-refractivity contribution >= 4 is 51.4 Å². The van der Waals surface area contributed by atoms with Crippen LogP contribution in [0.25, 0.3) is 0 Å². The first-order chi connectivity index (χ1) is 18.2. The number of aliphatic hydroxyl groups excluding tert-OH is 2. The molecule has 2 aliphatic heterocycles. The van der Waals surface area contributed by atoms with Crippen LogP contribution in [0.15, 0.2) is 0 Å². The molecule has 0 spiro atoms. The minimum atomic E-state index is -5.75. The first-order valence-electron chi connectivity index (χ1n) is 9.50. The van der Waals surface area contributed by atoms with Crippen LogP contribution in [0.4, 0.5) is 0 Å². The fourth-order valence-electron chi connectivity index (χ4n) is 3.33. The van der Waals surface area contributed by atoms with Crippen molar-refractivity contribution in [1.82, 2.24) is 0 Å². The zero-order valence-corrected chi connectivity index (χ0v) is 21.5. The number of aliphatic carboxylic acids is 1. The molecular formula is C12H15O23S4-5. The highest BCUT2D eigenvalue weighted by atomic mass is 32.3. The Morgan fingerprint density at radius 3 is 2.00 bits per heavy atom. The SMILES string of the molecule is O=C([O-])C1OC(OC2C(COSOO[O-])OC(CO)C2OS(=O)(=O)[O-])C(OS(=O)(=O)[O-])C(OSOO[O-])C1O. The third-order valence-corrected chi connectivity index (χ3v) is 6.30. The molecule has 2 rings (SSSR count). The maximum Gasteiger partial charge on any atom is 0.218 e. The summed E-state index contributed by atoms with van der Waals surface area (Å²) in [4.78, 5) is 11.5. The maximum atomic E-state index is 11.5. The summed E-state index contributed by atoms with van der Waals surface area (Å²) in [5, 5.41) is 57.2. The van der Waals surface area contributed by atoms with E-state index >= 15 is 0 Å². The summed E-state index contributed by atoms with van der Waals surface area (Å²) < 4.78 is 109. The molecule has 0 radical (unpaired) electrons. The molecule has 9 unspecified atom stereocenters. The van der Waals surface area contributed by atoms with Crippen LogP contribution >= 0.6 is 24.6 Å². The van der Waals surface area contributed by atoms with Crippen LogP contribution in [-0.2, 0) is 75.3 Å². The van der Waals surface area contributed by atoms with Gasteiger partial charge in [0, 0.05) is 0 Å². The number of carbonyl (C=O) groups excluding carboxylic acids is 1. The van der Waals surface area contributed by atoms with Crippen LogP contribution in [0.3, 0.4) is 0 Å². The molecule has 27 heteroatoms. The third-order valence-electron chi connectivity index (χ3n) is 4.63. The van der Waals surface area contributed by atoms with Gasteiger partial charge in [0.15, 0.2) is 37.0 Å². The highest BCUT2D eigenvalue weighted by molar-refractivity contribution is 7.89. The van der Waals surface area contributed by atoms with Crippen molar-refractivity contribution < 1.29 is 106 Å². The standard InChI is InChI=1S/C12H20O23S4/c13-1-3-7(30-38(19,20)21)6(4(26-3)2-25-36-34-32-17)27-12-10(31-39(22,23)24)8(29-37-35-33-18)5(14)9(28-12)11(15)16/h3-10,12-14,17-18H,1-2H2,(H,15,16)(H,19,20,21)(H,22,23,24)/p-5. The molecule has 0 amide bonds. The number of carboxylic acid groups (broad SMARTS) is 1. The summed E-state index contributed by atoms with van der Waals surface area (Å²) in [6.07, 6.45) is -19.4. The molecular weight excluding hydrogens is 640 g/mol. The quantitative estimate of drug-likeness (QED) is 0.0367. The molecule has 23 nitrogen and oxygen atoms in total. The van der Waals surface area contributed by atoms with Crippen molar-refractivity contribution in [1.29, 1.82) is 0 Å². The molecule has 230 valence electrons. The van der Waals surface area contributed by atoms with E-state index in [-0.39, 0.29) is 12.3 Å². The van der Waals surface area contributed by atoms with E-state index < -0.39 is 107 Å². The fourth-order valence-corrected chi connectivity index (χ4v) is 4.93. The van der Waals surface area contributed by atoms with Crippen molar-refractivity contribution in [2.45, 2.75) is 55.1 Å². The van der Waals surface area contributed by atoms with Crippen molar-refractivity contribution in [3.63, 3.8) is 0 Å². The summed E-state index contributed by atoms with van der Waals surface area (Å²) in [6, 6.07) is 0. The number of hydrogen-bond donors (Lipinski definition) is 2. The van der Waals surface area contributed by atoms with E-state index in [1.165, 1.54) is 0 Å². The zero-order valence-electron chi connectivity index (χ0n) is 18.2. The molecule has 0 bridgehead atoms. The van der Waals surface area contributed by atoms with Crippen LogP contribution in [-0.4, -0.2) is 110 Å². The predicted molar refractivity (Wildman–Crippen MR) is 99.8 cm³/mol. The Bertz CT molecular complexity index is 976. The summed E-state index contributed by atoms with van der Waals surface area (Å²) in [7, 11) is -11.3. The molecule has 9 atom stereocenters. The molecule has 0 aromatic rings. The van der Waals surface area contributed by atoms with Crippen molar-refractivity contribution in [2.75, 3.05) is 13.2 Å². The van der Waals surface area contributed by atoms with Gasteiger partial charge < -0.3 is 53.9 Å². The van der Waals surface area contributed by atoms with E-state index in [9.17, 15) is 56.6 Å². The van der Waals surface area contributed by atoms with E-state index in [0.717, 1.165) is 0 Å². The Labute approximate surface area is 226 Å². The van der Waals surface area contributed by atoms with Gasteiger partial charge in [-0.2, -0.15) is 0 Å². The highest BCUT2D eigenvalue weighted by Gasteiger charge is 2.54. The van der Waals surface area contributed by atoms with E-state index in [1.807, 2.05) is 0 Å². The van der Waals surface area contributed by atoms with Crippen LogP contribution in [0.2, 0.25) is 0 Å². The molecule has 0 aliphatic carbocycles. The number of rotatable bonds is 17. The van der Waals surface area contributed by atoms with Gasteiger partial charge in [-0.25, -0.2) is 16.8 Å². The lowest BCUT2D eigenvalue weighted by atomic mass is 9.98. The number of aliphatic hydroxyl groups is 2. The molecule has 2 saturated heterocycles. The van der Waals surface area contributed by atoms with E-state index in [1.54, 1.807) is 0 Å². The molecule has 0 aromatic heterocycles. The Hall–Kier alpha value is -0.610. The lowest BCUT2D eigenvalue weighted by molar-refractivity contribution is -0.777. The Morgan fingerprint density at radius 2 is 1.46 bits per heavy atom. The van der Waals surface area contributed by atoms with Gasteiger partial charge in [-0.05, 0) is 0 Å². The Balaban J connectivity index is 2.47. The van der Waals surface area contributed by atoms with E-state index in [0.29, 0.717) is 0 Å². The molecule has 39 heavy (non-hydrogen) atoms. The summed E-state index contributed by atoms with van der Waals surface area (Å²) in [6.45, 7) is -1.80. The molecule has 0 saturated carbocycles. The first-order valence-corrected chi connectivity index (χ1v) is 13.5. The van der Waals surface area contributed by atoms with Gasteiger partial charge in [0.05, 0.1) is 19.2 Å². The second-order valence-electron chi connectivity index (χ2n) is 6.92. The minimum absolute atomic E-state index is 0.0872. The molecule has 2 aliphatic rings. The monoisotopic (exact) mass is 655 g/mol. The molecule has 2 heterocycles. The van der Waals surface area contributed by atoms with Crippen LogP contribution in [0, 0.1) is 0 Å². The molecule has 0 aromatic carbocycles. The van der Waals surface area contributed by atoms with Crippen molar-refractivity contribution in [2.24, 2.45) is 0 Å². The number of carbonyl (C=O) groups is 1. The van der Waals surface area contributed by atoms with Gasteiger partial charge in [0.25, 0.3) is 0 Å². The third kappa shape index (κ3) is 10.6. The second kappa shape index (κ2) is 15.6. The lowest BCUT2D eigenvalue weighted by Gasteiger charge is -2.44. The van der Waals surface area contributed by atoms with Gasteiger partial charge in [0.2, 0.25) is 20.8 Å². The van der Waals surface area contributed by atoms with Crippen molar-refractivity contribution in [3.8, 4) is 0 Å². The number of hydrogen-bond acceptors (Lipinski definition) is 25. The van der Waals surface area contributed by atoms with E-state index in [2.05, 4.69) is 27.1 Å². The second-order valence-corrected chi connectivity index (χ2v) is 9.91. The van der Waals surface area contributed by atoms with Crippen molar-refractivity contribution in [3.05, 3.63) is 0 Å². The first kappa shape index (κ1) is 34.6. The van der Waals surface area contributed by atoms with Gasteiger partial charge in [-0.15, -0.1) is 8.67 Å². The average Bonchev–Trinajstić information content (AvgIpc) is 3.13. The zero-order chi connectivity index (χ0) is 29.4. The maximum absolute atomic E-state index is 11.5. The summed E-state index contributed by atoms with van der Waals surface area (Å²) in [5.74, 6) is -2.17. The normalized spacial score (nSPS) is 33.8. The minimum Gasteiger partial charge on any atom is -0.726 e. The largest absolute Gasteiger partial charge is 0.726 e. The number of ether oxygens (including phenoxy) is 3. The lowest BCUT2D eigenvalue weighted by Crippen LogP contribution is -2.65. The van der Waals surface area contributed by atoms with Gasteiger partial charge in [-0.1, -0.05) is 0 Å². The Morgan fingerprint density at radius 1 is 0.872 bits per heavy atom. The smallest absolute Gasteiger partial charge is 0.218 e. The highest BCUT2D eigenvalue weighted by Crippen LogP contribution is 2.35. The summed E-state index contributed by atoms with van der Waals surface area (Å²) >= 11 is -0.480. The van der Waals surface area contributed by atoms with E-state index in [4.69, 9.17) is 22.6 Å². The number of carboxylic acids is 1. The topological polar surface area (TPSA) is 343 Å². The summed E-state index contributed by atoms with van der Waals surface area (Å²) in [5.41, 5.74) is 0. The van der Waals surface area contributed by atoms with Gasteiger partial charge in [0.1, 0.15) is 42.7 Å². The fraction of sp³-hybridized carbons (Fsp3) is 0.917. The van der Waals surface area contributed by atoms with Gasteiger partial charge >= 0.3 is 0 Å². The van der Waals surface area contributed by atoms with Crippen LogP contribution in [0.5, 0.6) is 0 Å². The average molecular weight is 655 g/mol. The Kier molecular flexibility index (Phi) is 13.8. The van der Waals surface area contributed by atoms with Gasteiger partial charge in [-0.3, -0.25) is 26.8 Å². The van der Waals surface area contributed by atoms with Crippen LogP contribution < -0.4 is 15.6 Å².